The highest BCUT2D eigenvalue weighted by molar-refractivity contribution is 7.89. The molecule has 1 atom stereocenters. The van der Waals surface area contributed by atoms with Crippen molar-refractivity contribution < 1.29 is 18.1 Å². The molecule has 0 aliphatic carbocycles. The molecule has 0 bridgehead atoms. The zero-order valence-electron chi connectivity index (χ0n) is 21.6. The van der Waals surface area contributed by atoms with E-state index in [1.807, 2.05) is 43.0 Å². The largest absolute Gasteiger partial charge is 0.370 e. The lowest BCUT2D eigenvalue weighted by Gasteiger charge is -2.36. The highest BCUT2D eigenvalue weighted by atomic mass is 32.2. The van der Waals surface area contributed by atoms with Crippen molar-refractivity contribution >= 4 is 39.2 Å². The molecule has 12 heteroatoms. The number of sulfonamides is 1. The van der Waals surface area contributed by atoms with Crippen LogP contribution in [0.4, 0.5) is 17.1 Å². The summed E-state index contributed by atoms with van der Waals surface area (Å²) in [5.74, 6) is 0.103. The van der Waals surface area contributed by atoms with Crippen molar-refractivity contribution in [1.29, 1.82) is 0 Å². The minimum Gasteiger partial charge on any atom is -0.370 e. The Kier molecular flexibility index (Phi) is 9.22. The second-order valence-corrected chi connectivity index (χ2v) is 11.1. The van der Waals surface area contributed by atoms with E-state index in [1.165, 1.54) is 26.2 Å². The Morgan fingerprint density at radius 3 is 2.57 bits per heavy atom. The van der Waals surface area contributed by atoms with Crippen molar-refractivity contribution in [1.82, 2.24) is 9.21 Å². The fraction of sp³-hybridized carbons (Fsp3) is 0.440. The Hall–Kier alpha value is -3.51. The molecule has 37 heavy (non-hydrogen) atoms. The van der Waals surface area contributed by atoms with E-state index in [9.17, 15) is 23.3 Å². The second-order valence-electron chi connectivity index (χ2n) is 8.95. The Morgan fingerprint density at radius 2 is 1.92 bits per heavy atom. The van der Waals surface area contributed by atoms with Crippen LogP contribution in [0, 0.1) is 16.0 Å². The van der Waals surface area contributed by atoms with E-state index in [1.54, 1.807) is 6.21 Å². The number of piperidine rings is 1. The lowest BCUT2D eigenvalue weighted by Crippen LogP contribution is -2.45. The molecule has 1 heterocycles. The van der Waals surface area contributed by atoms with Crippen molar-refractivity contribution in [3.63, 3.8) is 0 Å². The number of nitrogens with one attached hydrogen (secondary N) is 1. The quantitative estimate of drug-likeness (QED) is 0.283. The first kappa shape index (κ1) is 28.1. The van der Waals surface area contributed by atoms with Crippen LogP contribution < -0.4 is 10.3 Å². The van der Waals surface area contributed by atoms with Crippen LogP contribution in [0.5, 0.6) is 0 Å². The fourth-order valence-corrected chi connectivity index (χ4v) is 5.43. The maximum atomic E-state index is 12.9. The zero-order chi connectivity index (χ0) is 27.2. The number of para-hydroxylation sites is 1. The predicted octanol–water partition coefficient (Wildman–Crippen LogP) is 3.38. The highest BCUT2D eigenvalue weighted by Crippen LogP contribution is 2.29. The molecule has 200 valence electrons. The summed E-state index contributed by atoms with van der Waals surface area (Å²) in [7, 11) is -1.25. The van der Waals surface area contributed by atoms with Crippen molar-refractivity contribution in [3.8, 4) is 0 Å². The normalized spacial score (nSPS) is 16.2. The first-order valence-corrected chi connectivity index (χ1v) is 13.7. The van der Waals surface area contributed by atoms with Crippen LogP contribution in [0.15, 0.2) is 52.5 Å². The first-order valence-electron chi connectivity index (χ1n) is 12.2. The minimum atomic E-state index is -3.96. The molecule has 1 aliphatic heterocycles. The summed E-state index contributed by atoms with van der Waals surface area (Å²) in [6.45, 7) is 6.78. The van der Waals surface area contributed by atoms with Gasteiger partial charge in [0.15, 0.2) is 0 Å². The van der Waals surface area contributed by atoms with Gasteiger partial charge in [-0.25, -0.2) is 12.7 Å². The van der Waals surface area contributed by atoms with Gasteiger partial charge in [-0.15, -0.1) is 0 Å². The number of anilines is 2. The molecule has 0 radical (unpaired) electrons. The smallest absolute Gasteiger partial charge is 0.270 e. The monoisotopic (exact) mass is 530 g/mol. The molecule has 2 aromatic rings. The van der Waals surface area contributed by atoms with Crippen molar-refractivity contribution in [2.75, 3.05) is 50.6 Å². The van der Waals surface area contributed by atoms with Gasteiger partial charge < -0.3 is 9.80 Å². The van der Waals surface area contributed by atoms with E-state index in [0.29, 0.717) is 19.6 Å². The summed E-state index contributed by atoms with van der Waals surface area (Å²) in [4.78, 5) is 27.3. The summed E-state index contributed by atoms with van der Waals surface area (Å²) in [5.41, 5.74) is 4.25. The molecule has 0 saturated carbocycles. The van der Waals surface area contributed by atoms with Gasteiger partial charge in [-0.05, 0) is 38.8 Å². The highest BCUT2D eigenvalue weighted by Gasteiger charge is 2.29. The summed E-state index contributed by atoms with van der Waals surface area (Å²) < 4.78 is 26.5. The van der Waals surface area contributed by atoms with E-state index >= 15 is 0 Å². The number of rotatable bonds is 10. The van der Waals surface area contributed by atoms with Gasteiger partial charge in [0.1, 0.15) is 4.90 Å². The summed E-state index contributed by atoms with van der Waals surface area (Å²) in [5, 5.41) is 15.5. The number of hydrazone groups is 1. The number of non-ortho nitro benzene ring substituents is 1. The van der Waals surface area contributed by atoms with Gasteiger partial charge in [0.05, 0.1) is 22.7 Å². The molecule has 1 unspecified atom stereocenters. The molecule has 1 N–H and O–H groups in total. The van der Waals surface area contributed by atoms with Gasteiger partial charge in [-0.3, -0.25) is 20.3 Å². The third-order valence-electron chi connectivity index (χ3n) is 6.45. The molecule has 1 amide bonds. The molecule has 1 fully saturated rings. The number of carbonyl (C=O) groups excluding carboxylic acids is 1. The lowest BCUT2D eigenvalue weighted by molar-refractivity contribution is -0.385. The molecule has 0 aromatic heterocycles. The van der Waals surface area contributed by atoms with Crippen LogP contribution >= 0.6 is 0 Å². The summed E-state index contributed by atoms with van der Waals surface area (Å²) in [6.07, 6.45) is 3.33. The predicted molar refractivity (Wildman–Crippen MR) is 144 cm³/mol. The molecule has 2 aromatic carbocycles. The van der Waals surface area contributed by atoms with Gasteiger partial charge in [0.25, 0.3) is 5.69 Å². The minimum absolute atomic E-state index is 0.0734. The van der Waals surface area contributed by atoms with Crippen LogP contribution in [-0.2, 0) is 14.8 Å². The van der Waals surface area contributed by atoms with E-state index < -0.39 is 14.9 Å². The Bertz CT molecular complexity index is 1260. The number of nitrogens with zero attached hydrogens (tertiary/aromatic N) is 5. The number of amides is 1. The molecule has 0 spiro atoms. The van der Waals surface area contributed by atoms with E-state index in [4.69, 9.17) is 0 Å². The molecule has 11 nitrogen and oxygen atoms in total. The maximum Gasteiger partial charge on any atom is 0.270 e. The Balaban J connectivity index is 1.85. The van der Waals surface area contributed by atoms with Gasteiger partial charge >= 0.3 is 0 Å². The van der Waals surface area contributed by atoms with Crippen LogP contribution in [0.25, 0.3) is 0 Å². The molecular weight excluding hydrogens is 496 g/mol. The van der Waals surface area contributed by atoms with Crippen molar-refractivity contribution in [3.05, 3.63) is 58.1 Å². The number of carbonyl (C=O) groups is 1. The zero-order valence-corrected chi connectivity index (χ0v) is 22.4. The molecule has 1 aliphatic rings. The third-order valence-corrected chi connectivity index (χ3v) is 8.30. The average Bonchev–Trinajstić information content (AvgIpc) is 2.89. The number of nitro groups is 1. The second kappa shape index (κ2) is 12.2. The lowest BCUT2D eigenvalue weighted by atomic mass is 9.95. The summed E-state index contributed by atoms with van der Waals surface area (Å²) >= 11 is 0. The number of benzene rings is 2. The number of nitro benzene ring substituents is 1. The summed E-state index contributed by atoms with van der Waals surface area (Å²) in [6, 6.07) is 11.2. The van der Waals surface area contributed by atoms with Crippen LogP contribution in [0.1, 0.15) is 32.3 Å². The van der Waals surface area contributed by atoms with E-state index in [2.05, 4.69) is 15.4 Å². The van der Waals surface area contributed by atoms with Crippen molar-refractivity contribution in [2.24, 2.45) is 11.0 Å². The van der Waals surface area contributed by atoms with E-state index in [-0.39, 0.29) is 28.1 Å². The fourth-order valence-electron chi connectivity index (χ4n) is 4.37. The first-order chi connectivity index (χ1) is 17.6. The number of hydrogen-bond donors (Lipinski definition) is 1. The van der Waals surface area contributed by atoms with Crippen LogP contribution in [0.3, 0.4) is 0 Å². The standard InChI is InChI=1S/C25H34N6O5S/c1-5-29(6-2)25(32)20-11-9-15-30(18-20)23-12-8-7-10-19(23)17-26-27-22-14-13-21(31(33)34)16-24(22)37(35,36)28(3)4/h7-8,10,12-14,16-17,20,27H,5-6,9,11,15,18H2,1-4H3/b26-17+. The third kappa shape index (κ3) is 6.44. The van der Waals surface area contributed by atoms with Gasteiger partial charge in [0, 0.05) is 63.7 Å². The number of hydrogen-bond acceptors (Lipinski definition) is 8. The molecule has 1 saturated heterocycles. The van der Waals surface area contributed by atoms with Gasteiger partial charge in [0.2, 0.25) is 15.9 Å². The SMILES string of the molecule is CCN(CC)C(=O)C1CCCN(c2ccccc2/C=N/Nc2ccc([N+](=O)[O-])cc2S(=O)(=O)N(C)C)C1. The van der Waals surface area contributed by atoms with E-state index in [0.717, 1.165) is 41.0 Å². The molecule has 3 rings (SSSR count). The maximum absolute atomic E-state index is 12.9. The Labute approximate surface area is 217 Å². The average molecular weight is 531 g/mol. The van der Waals surface area contributed by atoms with Gasteiger partial charge in [-0.2, -0.15) is 5.10 Å². The van der Waals surface area contributed by atoms with Crippen LogP contribution in [0.2, 0.25) is 0 Å². The van der Waals surface area contributed by atoms with Gasteiger partial charge in [-0.1, -0.05) is 18.2 Å². The topological polar surface area (TPSA) is 128 Å². The Morgan fingerprint density at radius 1 is 1.22 bits per heavy atom. The van der Waals surface area contributed by atoms with Crippen LogP contribution in [-0.4, -0.2) is 74.9 Å². The molecular formula is C25H34N6O5S. The van der Waals surface area contributed by atoms with Crippen molar-refractivity contribution in [2.45, 2.75) is 31.6 Å².